The summed E-state index contributed by atoms with van der Waals surface area (Å²) < 4.78 is 28.9. The summed E-state index contributed by atoms with van der Waals surface area (Å²) in [6, 6.07) is 19.3. The van der Waals surface area contributed by atoms with Crippen molar-refractivity contribution in [3.8, 4) is 11.6 Å². The number of nitrogens with two attached hydrogens (primary N) is 1. The Bertz CT molecular complexity index is 1420. The van der Waals surface area contributed by atoms with Gasteiger partial charge in [0.15, 0.2) is 9.84 Å². The number of aromatic nitrogens is 2. The molecule has 0 saturated carbocycles. The summed E-state index contributed by atoms with van der Waals surface area (Å²) in [5, 5.41) is 4.61. The van der Waals surface area contributed by atoms with Crippen molar-refractivity contribution in [2.45, 2.75) is 5.75 Å². The third-order valence-corrected chi connectivity index (χ3v) is 5.44. The number of carbonyl (C=O) groups excluding carboxylic acids is 1. The molecule has 0 radical (unpaired) electrons. The van der Waals surface area contributed by atoms with Crippen LogP contribution in [0, 0.1) is 0 Å². The SMILES string of the molecule is CS(=O)(=O)Cc1cccc(Nc2nccc(Oc3ccc4c(C(N)=O)cccc4c3)n2)c1. The molecule has 32 heavy (non-hydrogen) atoms. The van der Waals surface area contributed by atoms with Gasteiger partial charge in [-0.1, -0.05) is 24.3 Å². The van der Waals surface area contributed by atoms with Crippen molar-refractivity contribution in [3.05, 3.63) is 84.1 Å². The van der Waals surface area contributed by atoms with Crippen LogP contribution in [0.3, 0.4) is 0 Å². The minimum absolute atomic E-state index is 0.0496. The van der Waals surface area contributed by atoms with E-state index in [0.717, 1.165) is 10.8 Å². The number of carbonyl (C=O) groups is 1. The molecule has 0 aliphatic carbocycles. The van der Waals surface area contributed by atoms with E-state index in [1.54, 1.807) is 66.9 Å². The molecule has 3 N–H and O–H groups in total. The number of nitrogens with zero attached hydrogens (tertiary/aromatic N) is 2. The quantitative estimate of drug-likeness (QED) is 0.440. The number of hydrogen-bond acceptors (Lipinski definition) is 7. The second kappa shape index (κ2) is 8.64. The molecule has 0 unspecified atom stereocenters. The van der Waals surface area contributed by atoms with Crippen molar-refractivity contribution < 1.29 is 17.9 Å². The first-order valence-electron chi connectivity index (χ1n) is 9.64. The van der Waals surface area contributed by atoms with Crippen LogP contribution in [0.15, 0.2) is 72.9 Å². The zero-order valence-corrected chi connectivity index (χ0v) is 18.0. The van der Waals surface area contributed by atoms with Crippen molar-refractivity contribution in [1.29, 1.82) is 0 Å². The van der Waals surface area contributed by atoms with E-state index in [0.29, 0.717) is 34.4 Å². The predicted molar refractivity (Wildman–Crippen MR) is 123 cm³/mol. The number of rotatable bonds is 7. The van der Waals surface area contributed by atoms with Gasteiger partial charge in [0.25, 0.3) is 0 Å². The molecule has 0 spiro atoms. The monoisotopic (exact) mass is 448 g/mol. The lowest BCUT2D eigenvalue weighted by Gasteiger charge is -2.10. The summed E-state index contributed by atoms with van der Waals surface area (Å²) in [7, 11) is -3.14. The van der Waals surface area contributed by atoms with E-state index < -0.39 is 15.7 Å². The number of primary amides is 1. The van der Waals surface area contributed by atoms with E-state index in [1.807, 2.05) is 6.07 Å². The number of amides is 1. The average Bonchev–Trinajstić information content (AvgIpc) is 2.72. The van der Waals surface area contributed by atoms with Gasteiger partial charge in [0.05, 0.1) is 5.75 Å². The minimum atomic E-state index is -3.14. The van der Waals surface area contributed by atoms with Gasteiger partial charge in [-0.2, -0.15) is 4.98 Å². The Morgan fingerprint density at radius 2 is 1.88 bits per heavy atom. The van der Waals surface area contributed by atoms with E-state index >= 15 is 0 Å². The third kappa shape index (κ3) is 5.19. The maximum atomic E-state index is 11.6. The Kier molecular flexibility index (Phi) is 5.74. The van der Waals surface area contributed by atoms with Gasteiger partial charge < -0.3 is 15.8 Å². The molecule has 0 bridgehead atoms. The number of fused-ring (bicyclic) bond motifs is 1. The zero-order valence-electron chi connectivity index (χ0n) is 17.1. The molecule has 9 heteroatoms. The van der Waals surface area contributed by atoms with E-state index in [1.165, 1.54) is 6.26 Å². The fourth-order valence-electron chi connectivity index (χ4n) is 3.29. The second-order valence-electron chi connectivity index (χ2n) is 7.27. The fraction of sp³-hybridized carbons (Fsp3) is 0.0870. The van der Waals surface area contributed by atoms with Gasteiger partial charge in [0, 0.05) is 29.8 Å². The van der Waals surface area contributed by atoms with Crippen LogP contribution in [0.5, 0.6) is 11.6 Å². The van der Waals surface area contributed by atoms with Gasteiger partial charge in [-0.05, 0) is 52.7 Å². The molecule has 4 aromatic rings. The molecule has 8 nitrogen and oxygen atoms in total. The van der Waals surface area contributed by atoms with Crippen molar-refractivity contribution in [2.75, 3.05) is 11.6 Å². The lowest BCUT2D eigenvalue weighted by molar-refractivity contribution is 0.100. The highest BCUT2D eigenvalue weighted by molar-refractivity contribution is 7.89. The van der Waals surface area contributed by atoms with Gasteiger partial charge in [0.2, 0.25) is 17.7 Å². The van der Waals surface area contributed by atoms with Gasteiger partial charge in [-0.25, -0.2) is 13.4 Å². The van der Waals surface area contributed by atoms with E-state index in [-0.39, 0.29) is 5.75 Å². The maximum Gasteiger partial charge on any atom is 0.249 e. The maximum absolute atomic E-state index is 11.6. The molecule has 0 aliphatic heterocycles. The zero-order chi connectivity index (χ0) is 22.7. The van der Waals surface area contributed by atoms with E-state index in [9.17, 15) is 13.2 Å². The molecule has 1 aromatic heterocycles. The van der Waals surface area contributed by atoms with Crippen molar-refractivity contribution >= 4 is 38.2 Å². The Labute approximate surface area is 185 Å². The van der Waals surface area contributed by atoms with Gasteiger partial charge in [-0.3, -0.25) is 4.79 Å². The lowest BCUT2D eigenvalue weighted by atomic mass is 10.0. The Hall–Kier alpha value is -3.98. The van der Waals surface area contributed by atoms with Crippen LogP contribution < -0.4 is 15.8 Å². The van der Waals surface area contributed by atoms with E-state index in [4.69, 9.17) is 10.5 Å². The van der Waals surface area contributed by atoms with Gasteiger partial charge >= 0.3 is 0 Å². The summed E-state index contributed by atoms with van der Waals surface area (Å²) in [5.41, 5.74) is 7.21. The number of nitrogens with one attached hydrogen (secondary N) is 1. The Morgan fingerprint density at radius 1 is 1.06 bits per heavy atom. The standard InChI is InChI=1S/C23H20N4O4S/c1-32(29,30)14-15-4-2-6-17(12-15)26-23-25-11-10-21(27-23)31-18-8-9-19-16(13-18)5-3-7-20(19)22(24)28/h2-13H,14H2,1H3,(H2,24,28)(H,25,26,27). The molecule has 1 heterocycles. The van der Waals surface area contributed by atoms with Crippen molar-refractivity contribution in [3.63, 3.8) is 0 Å². The molecule has 1 amide bonds. The van der Waals surface area contributed by atoms with Gasteiger partial charge in [0.1, 0.15) is 5.75 Å². The molecule has 162 valence electrons. The Balaban J connectivity index is 1.54. The summed E-state index contributed by atoms with van der Waals surface area (Å²) >= 11 is 0. The first-order valence-corrected chi connectivity index (χ1v) is 11.7. The minimum Gasteiger partial charge on any atom is -0.439 e. The Morgan fingerprint density at radius 3 is 2.66 bits per heavy atom. The summed E-state index contributed by atoms with van der Waals surface area (Å²) in [5.74, 6) is 0.623. The van der Waals surface area contributed by atoms with Crippen LogP contribution in [-0.4, -0.2) is 30.5 Å². The summed E-state index contributed by atoms with van der Waals surface area (Å²) in [4.78, 5) is 20.2. The first-order chi connectivity index (χ1) is 15.3. The summed E-state index contributed by atoms with van der Waals surface area (Å²) in [6.07, 6.45) is 2.75. The van der Waals surface area contributed by atoms with Crippen LogP contribution in [0.25, 0.3) is 10.8 Å². The third-order valence-electron chi connectivity index (χ3n) is 4.58. The van der Waals surface area contributed by atoms with Crippen molar-refractivity contribution in [2.24, 2.45) is 5.73 Å². The van der Waals surface area contributed by atoms with Crippen LogP contribution in [0.2, 0.25) is 0 Å². The van der Waals surface area contributed by atoms with Crippen LogP contribution in [0.1, 0.15) is 15.9 Å². The normalized spacial score (nSPS) is 11.3. The highest BCUT2D eigenvalue weighted by Crippen LogP contribution is 2.27. The number of hydrogen-bond donors (Lipinski definition) is 2. The van der Waals surface area contributed by atoms with Crippen LogP contribution in [0.4, 0.5) is 11.6 Å². The molecular weight excluding hydrogens is 428 g/mol. The predicted octanol–water partition coefficient (Wildman–Crippen LogP) is 3.81. The number of ether oxygens (including phenoxy) is 1. The molecule has 0 fully saturated rings. The van der Waals surface area contributed by atoms with Crippen LogP contribution in [-0.2, 0) is 15.6 Å². The molecule has 0 aliphatic rings. The number of benzene rings is 3. The van der Waals surface area contributed by atoms with E-state index in [2.05, 4.69) is 15.3 Å². The van der Waals surface area contributed by atoms with Crippen LogP contribution >= 0.6 is 0 Å². The lowest BCUT2D eigenvalue weighted by Crippen LogP contribution is -2.11. The fourth-order valence-corrected chi connectivity index (χ4v) is 4.08. The number of anilines is 2. The largest absolute Gasteiger partial charge is 0.439 e. The summed E-state index contributed by atoms with van der Waals surface area (Å²) in [6.45, 7) is 0. The second-order valence-corrected chi connectivity index (χ2v) is 9.41. The first kappa shape index (κ1) is 21.3. The molecule has 0 atom stereocenters. The van der Waals surface area contributed by atoms with Crippen molar-refractivity contribution in [1.82, 2.24) is 9.97 Å². The highest BCUT2D eigenvalue weighted by atomic mass is 32.2. The smallest absolute Gasteiger partial charge is 0.249 e. The topological polar surface area (TPSA) is 124 Å². The highest BCUT2D eigenvalue weighted by Gasteiger charge is 2.09. The molecule has 4 rings (SSSR count). The average molecular weight is 449 g/mol. The van der Waals surface area contributed by atoms with Gasteiger partial charge in [-0.15, -0.1) is 0 Å². The molecule has 0 saturated heterocycles. The molecule has 3 aromatic carbocycles. The molecular formula is C23H20N4O4S. The number of sulfone groups is 1.